The highest BCUT2D eigenvalue weighted by atomic mass is 16.3. The van der Waals surface area contributed by atoms with Crippen LogP contribution in [-0.4, -0.2) is 29.0 Å². The van der Waals surface area contributed by atoms with E-state index in [4.69, 9.17) is 5.11 Å². The number of rotatable bonds is 7. The second-order valence-electron chi connectivity index (χ2n) is 3.98. The number of aldehydes is 1. The van der Waals surface area contributed by atoms with E-state index >= 15 is 0 Å². The van der Waals surface area contributed by atoms with E-state index in [9.17, 15) is 14.7 Å². The van der Waals surface area contributed by atoms with Crippen molar-refractivity contribution >= 4 is 12.2 Å². The van der Waals surface area contributed by atoms with Gasteiger partial charge in [0.1, 0.15) is 6.29 Å². The maximum Gasteiger partial charge on any atom is 0.220 e. The van der Waals surface area contributed by atoms with Gasteiger partial charge in [0.25, 0.3) is 0 Å². The maximum absolute atomic E-state index is 11.3. The number of carbonyl (C=O) groups is 2. The number of benzene rings is 1. The van der Waals surface area contributed by atoms with Gasteiger partial charge in [0, 0.05) is 19.4 Å². The van der Waals surface area contributed by atoms with Crippen LogP contribution in [0, 0.1) is 0 Å². The highest BCUT2D eigenvalue weighted by Gasteiger charge is 2.03. The zero-order valence-corrected chi connectivity index (χ0v) is 10.1. The molecule has 0 atom stereocenters. The van der Waals surface area contributed by atoms with Gasteiger partial charge in [-0.05, 0) is 30.5 Å². The smallest absolute Gasteiger partial charge is 0.220 e. The van der Waals surface area contributed by atoms with Crippen LogP contribution in [0.15, 0.2) is 18.2 Å². The minimum absolute atomic E-state index is 0.0835. The van der Waals surface area contributed by atoms with Crippen LogP contribution in [0.2, 0.25) is 0 Å². The minimum Gasteiger partial charge on any atom is -0.504 e. The molecule has 0 radical (unpaired) electrons. The molecule has 5 nitrogen and oxygen atoms in total. The van der Waals surface area contributed by atoms with Crippen LogP contribution in [0.1, 0.15) is 24.8 Å². The first-order chi connectivity index (χ1) is 8.63. The Morgan fingerprint density at radius 2 is 2.06 bits per heavy atom. The molecule has 0 aliphatic carbocycles. The quantitative estimate of drug-likeness (QED) is 0.385. The summed E-state index contributed by atoms with van der Waals surface area (Å²) in [5, 5.41) is 21.1. The molecule has 0 aliphatic rings. The molecule has 3 N–H and O–H groups in total. The summed E-state index contributed by atoms with van der Waals surface area (Å²) in [4.78, 5) is 21.4. The van der Waals surface area contributed by atoms with Crippen molar-refractivity contribution in [3.8, 4) is 11.5 Å². The minimum atomic E-state index is -0.162. The Hall–Kier alpha value is -2.04. The molecule has 5 heteroatoms. The number of nitrogens with one attached hydrogen (secondary N) is 1. The first-order valence-electron chi connectivity index (χ1n) is 5.84. The number of phenolic OH excluding ortho intramolecular Hbond substituents is 2. The largest absolute Gasteiger partial charge is 0.504 e. The molecule has 0 heterocycles. The fourth-order valence-electron chi connectivity index (χ4n) is 1.51. The number of amides is 1. The summed E-state index contributed by atoms with van der Waals surface area (Å²) in [5.41, 5.74) is 0.832. The molecule has 0 bridgehead atoms. The predicted molar refractivity (Wildman–Crippen MR) is 66.4 cm³/mol. The predicted octanol–water partition coefficient (Wildman–Crippen LogP) is 1.13. The first kappa shape index (κ1) is 14.0. The average molecular weight is 251 g/mol. The third-order valence-electron chi connectivity index (χ3n) is 2.50. The van der Waals surface area contributed by atoms with Crippen LogP contribution in [0.3, 0.4) is 0 Å². The molecule has 18 heavy (non-hydrogen) atoms. The molecule has 0 fully saturated rings. The molecule has 1 rings (SSSR count). The molecule has 0 saturated heterocycles. The second kappa shape index (κ2) is 7.32. The third-order valence-corrected chi connectivity index (χ3v) is 2.50. The third kappa shape index (κ3) is 4.86. The summed E-state index contributed by atoms with van der Waals surface area (Å²) in [6.07, 6.45) is 2.69. The lowest BCUT2D eigenvalue weighted by molar-refractivity contribution is -0.121. The van der Waals surface area contributed by atoms with E-state index in [-0.39, 0.29) is 17.4 Å². The molecule has 98 valence electrons. The SMILES string of the molecule is O=CCCCC(=O)NCCc1ccc(O)c(O)c1. The average Bonchev–Trinajstić information content (AvgIpc) is 2.34. The van der Waals surface area contributed by atoms with Crippen molar-refractivity contribution in [3.63, 3.8) is 0 Å². The summed E-state index contributed by atoms with van der Waals surface area (Å²) in [6, 6.07) is 4.57. The van der Waals surface area contributed by atoms with Gasteiger partial charge in [0.2, 0.25) is 5.91 Å². The van der Waals surface area contributed by atoms with Crippen LogP contribution in [-0.2, 0) is 16.0 Å². The summed E-state index contributed by atoms with van der Waals surface area (Å²) < 4.78 is 0. The van der Waals surface area contributed by atoms with Crippen molar-refractivity contribution in [1.82, 2.24) is 5.32 Å². The topological polar surface area (TPSA) is 86.6 Å². The molecule has 1 aromatic carbocycles. The van der Waals surface area contributed by atoms with E-state index in [1.807, 2.05) is 0 Å². The van der Waals surface area contributed by atoms with Gasteiger partial charge >= 0.3 is 0 Å². The van der Waals surface area contributed by atoms with Crippen LogP contribution < -0.4 is 5.32 Å². The number of carbonyl (C=O) groups excluding carboxylic acids is 2. The summed E-state index contributed by atoms with van der Waals surface area (Å²) in [7, 11) is 0. The number of hydrogen-bond acceptors (Lipinski definition) is 4. The van der Waals surface area contributed by atoms with E-state index in [1.165, 1.54) is 12.1 Å². The lowest BCUT2D eigenvalue weighted by atomic mass is 10.1. The normalized spacial score (nSPS) is 10.0. The van der Waals surface area contributed by atoms with E-state index in [0.29, 0.717) is 32.2 Å². The van der Waals surface area contributed by atoms with Crippen molar-refractivity contribution in [2.75, 3.05) is 6.54 Å². The van der Waals surface area contributed by atoms with Crippen molar-refractivity contribution < 1.29 is 19.8 Å². The van der Waals surface area contributed by atoms with Gasteiger partial charge in [0.05, 0.1) is 0 Å². The lowest BCUT2D eigenvalue weighted by Crippen LogP contribution is -2.25. The fraction of sp³-hybridized carbons (Fsp3) is 0.385. The van der Waals surface area contributed by atoms with E-state index < -0.39 is 0 Å². The molecule has 0 saturated carbocycles. The molecular formula is C13H17NO4. The molecular weight excluding hydrogens is 234 g/mol. The van der Waals surface area contributed by atoms with Gasteiger partial charge < -0.3 is 20.3 Å². The first-order valence-corrected chi connectivity index (χ1v) is 5.84. The Morgan fingerprint density at radius 1 is 1.28 bits per heavy atom. The van der Waals surface area contributed by atoms with E-state index in [2.05, 4.69) is 5.32 Å². The Kier molecular flexibility index (Phi) is 5.70. The van der Waals surface area contributed by atoms with Gasteiger partial charge in [-0.3, -0.25) is 4.79 Å². The molecule has 0 aromatic heterocycles. The maximum atomic E-state index is 11.3. The molecule has 0 aliphatic heterocycles. The number of aromatic hydroxyl groups is 2. The molecule has 0 spiro atoms. The summed E-state index contributed by atoms with van der Waals surface area (Å²) >= 11 is 0. The monoisotopic (exact) mass is 251 g/mol. The second-order valence-corrected chi connectivity index (χ2v) is 3.98. The Morgan fingerprint density at radius 3 is 2.72 bits per heavy atom. The lowest BCUT2D eigenvalue weighted by Gasteiger charge is -2.05. The summed E-state index contributed by atoms with van der Waals surface area (Å²) in [5.74, 6) is -0.402. The van der Waals surface area contributed by atoms with Crippen LogP contribution in [0.5, 0.6) is 11.5 Å². The van der Waals surface area contributed by atoms with Crippen molar-refractivity contribution in [2.45, 2.75) is 25.7 Å². The van der Waals surface area contributed by atoms with E-state index in [1.54, 1.807) is 6.07 Å². The molecule has 1 amide bonds. The van der Waals surface area contributed by atoms with Crippen molar-refractivity contribution in [1.29, 1.82) is 0 Å². The number of hydrogen-bond donors (Lipinski definition) is 3. The zero-order valence-electron chi connectivity index (χ0n) is 10.1. The standard InChI is InChI=1S/C13H17NO4/c15-8-2-1-3-13(18)14-7-6-10-4-5-11(16)12(17)9-10/h4-5,8-9,16-17H,1-3,6-7H2,(H,14,18). The van der Waals surface area contributed by atoms with Gasteiger partial charge in [-0.1, -0.05) is 6.07 Å². The van der Waals surface area contributed by atoms with Gasteiger partial charge in [0.15, 0.2) is 11.5 Å². The highest BCUT2D eigenvalue weighted by Crippen LogP contribution is 2.24. The van der Waals surface area contributed by atoms with Crippen LogP contribution in [0.25, 0.3) is 0 Å². The number of unbranched alkanes of at least 4 members (excludes halogenated alkanes) is 1. The number of phenols is 2. The van der Waals surface area contributed by atoms with Gasteiger partial charge in [-0.15, -0.1) is 0 Å². The van der Waals surface area contributed by atoms with Crippen molar-refractivity contribution in [3.05, 3.63) is 23.8 Å². The Balaban J connectivity index is 2.26. The fourth-order valence-corrected chi connectivity index (χ4v) is 1.51. The zero-order chi connectivity index (χ0) is 13.4. The van der Waals surface area contributed by atoms with E-state index in [0.717, 1.165) is 11.8 Å². The van der Waals surface area contributed by atoms with Crippen LogP contribution >= 0.6 is 0 Å². The molecule has 1 aromatic rings. The Labute approximate surface area is 105 Å². The Bertz CT molecular complexity index is 417. The van der Waals surface area contributed by atoms with Crippen LogP contribution in [0.4, 0.5) is 0 Å². The molecule has 0 unspecified atom stereocenters. The van der Waals surface area contributed by atoms with Gasteiger partial charge in [-0.2, -0.15) is 0 Å². The van der Waals surface area contributed by atoms with Crippen molar-refractivity contribution in [2.24, 2.45) is 0 Å². The summed E-state index contributed by atoms with van der Waals surface area (Å²) in [6.45, 7) is 0.462. The van der Waals surface area contributed by atoms with Gasteiger partial charge in [-0.25, -0.2) is 0 Å². The highest BCUT2D eigenvalue weighted by molar-refractivity contribution is 5.76.